The van der Waals surface area contributed by atoms with Crippen molar-refractivity contribution in [1.82, 2.24) is 14.9 Å². The molecule has 2 aromatic carbocycles. The number of anilines is 2. The molecule has 26 heavy (non-hydrogen) atoms. The minimum absolute atomic E-state index is 0.0110. The second kappa shape index (κ2) is 6.69. The van der Waals surface area contributed by atoms with Crippen LogP contribution in [-0.4, -0.2) is 24.7 Å². The summed E-state index contributed by atoms with van der Waals surface area (Å²) in [5.74, 6) is 0.165. The van der Waals surface area contributed by atoms with Gasteiger partial charge in [0.05, 0.1) is 10.4 Å². The van der Waals surface area contributed by atoms with Gasteiger partial charge < -0.3 is 5.32 Å². The Morgan fingerprint density at radius 1 is 1.08 bits per heavy atom. The summed E-state index contributed by atoms with van der Waals surface area (Å²) in [5, 5.41) is 10.8. The average molecular weight is 374 g/mol. The Kier molecular flexibility index (Phi) is 4.37. The van der Waals surface area contributed by atoms with E-state index in [1.807, 2.05) is 0 Å². The molecule has 1 aliphatic carbocycles. The number of nitrogens with one attached hydrogen (secondary N) is 3. The number of benzene rings is 2. The molecule has 0 bridgehead atoms. The fourth-order valence-electron chi connectivity index (χ4n) is 3.26. The number of aromatic nitrogens is 2. The molecule has 3 N–H and O–H groups in total. The van der Waals surface area contributed by atoms with Crippen LogP contribution in [0.3, 0.4) is 0 Å². The van der Waals surface area contributed by atoms with Gasteiger partial charge in [0.15, 0.2) is 5.82 Å². The van der Waals surface area contributed by atoms with Gasteiger partial charge in [0, 0.05) is 17.1 Å². The highest BCUT2D eigenvalue weighted by atomic mass is 32.2. The van der Waals surface area contributed by atoms with E-state index in [9.17, 15) is 12.8 Å². The number of aromatic amines is 1. The summed E-state index contributed by atoms with van der Waals surface area (Å²) in [4.78, 5) is 0.209. The Hall–Kier alpha value is -2.45. The van der Waals surface area contributed by atoms with Crippen molar-refractivity contribution in [2.75, 3.05) is 5.32 Å². The summed E-state index contributed by atoms with van der Waals surface area (Å²) < 4.78 is 41.1. The summed E-state index contributed by atoms with van der Waals surface area (Å²) in [6, 6.07) is 10.8. The summed E-state index contributed by atoms with van der Waals surface area (Å²) in [6.45, 7) is 0. The molecule has 0 aliphatic heterocycles. The molecule has 0 spiro atoms. The molecule has 1 saturated carbocycles. The third-order valence-electron chi connectivity index (χ3n) is 4.63. The third kappa shape index (κ3) is 3.42. The van der Waals surface area contributed by atoms with E-state index in [-0.39, 0.29) is 16.8 Å². The Morgan fingerprint density at radius 3 is 2.54 bits per heavy atom. The van der Waals surface area contributed by atoms with Crippen LogP contribution in [0.2, 0.25) is 0 Å². The van der Waals surface area contributed by atoms with Gasteiger partial charge in [0.2, 0.25) is 10.0 Å². The lowest BCUT2D eigenvalue weighted by molar-refractivity contribution is 0.552. The number of halogens is 1. The molecule has 1 aliphatic rings. The molecule has 1 heterocycles. The van der Waals surface area contributed by atoms with Crippen LogP contribution in [0.25, 0.3) is 10.9 Å². The van der Waals surface area contributed by atoms with Gasteiger partial charge in [-0.2, -0.15) is 5.10 Å². The number of hydrogen-bond acceptors (Lipinski definition) is 4. The number of H-pyrrole nitrogens is 1. The number of hydrogen-bond donors (Lipinski definition) is 3. The second-order valence-electron chi connectivity index (χ2n) is 6.51. The van der Waals surface area contributed by atoms with Gasteiger partial charge in [0.1, 0.15) is 5.82 Å². The van der Waals surface area contributed by atoms with Crippen molar-refractivity contribution >= 4 is 32.4 Å². The van der Waals surface area contributed by atoms with Gasteiger partial charge in [-0.3, -0.25) is 5.10 Å². The lowest BCUT2D eigenvalue weighted by Gasteiger charge is -2.12. The normalized spacial score (nSPS) is 15.6. The van der Waals surface area contributed by atoms with Crippen molar-refractivity contribution in [2.24, 2.45) is 0 Å². The first-order valence-electron chi connectivity index (χ1n) is 8.54. The first-order valence-corrected chi connectivity index (χ1v) is 10.0. The Morgan fingerprint density at radius 2 is 1.81 bits per heavy atom. The quantitative estimate of drug-likeness (QED) is 0.636. The number of fused-ring (bicyclic) bond motifs is 1. The maximum atomic E-state index is 13.0. The molecule has 8 heteroatoms. The fraction of sp³-hybridized carbons (Fsp3) is 0.278. The van der Waals surface area contributed by atoms with E-state index in [4.69, 9.17) is 0 Å². The molecule has 0 saturated heterocycles. The predicted molar refractivity (Wildman–Crippen MR) is 98.4 cm³/mol. The van der Waals surface area contributed by atoms with Crippen LogP contribution in [0, 0.1) is 5.82 Å². The molecule has 0 radical (unpaired) electrons. The molecule has 1 aromatic heterocycles. The largest absolute Gasteiger partial charge is 0.338 e. The van der Waals surface area contributed by atoms with Crippen molar-refractivity contribution in [3.63, 3.8) is 0 Å². The van der Waals surface area contributed by atoms with Gasteiger partial charge in [-0.05, 0) is 55.3 Å². The summed E-state index contributed by atoms with van der Waals surface area (Å²) in [7, 11) is -3.58. The molecule has 1 fully saturated rings. The van der Waals surface area contributed by atoms with Crippen molar-refractivity contribution < 1.29 is 12.8 Å². The minimum Gasteiger partial charge on any atom is -0.338 e. The van der Waals surface area contributed by atoms with Crippen LogP contribution in [0.1, 0.15) is 25.7 Å². The van der Waals surface area contributed by atoms with Crippen LogP contribution in [0.15, 0.2) is 47.4 Å². The molecular formula is C18H19FN4O2S. The Balaban J connectivity index is 1.64. The number of sulfonamides is 1. The van der Waals surface area contributed by atoms with Crippen LogP contribution < -0.4 is 10.0 Å². The van der Waals surface area contributed by atoms with E-state index in [2.05, 4.69) is 20.2 Å². The van der Waals surface area contributed by atoms with Crippen molar-refractivity contribution in [3.8, 4) is 0 Å². The highest BCUT2D eigenvalue weighted by Crippen LogP contribution is 2.27. The van der Waals surface area contributed by atoms with Crippen LogP contribution >= 0.6 is 0 Å². The first kappa shape index (κ1) is 17.0. The monoisotopic (exact) mass is 374 g/mol. The summed E-state index contributed by atoms with van der Waals surface area (Å²) >= 11 is 0. The zero-order chi connectivity index (χ0) is 18.1. The molecule has 0 unspecified atom stereocenters. The molecule has 136 valence electrons. The highest BCUT2D eigenvalue weighted by Gasteiger charge is 2.23. The van der Waals surface area contributed by atoms with Gasteiger partial charge in [-0.25, -0.2) is 17.5 Å². The van der Waals surface area contributed by atoms with E-state index in [1.165, 1.54) is 12.1 Å². The maximum Gasteiger partial charge on any atom is 0.240 e. The smallest absolute Gasteiger partial charge is 0.240 e. The van der Waals surface area contributed by atoms with Gasteiger partial charge in [0.25, 0.3) is 0 Å². The van der Waals surface area contributed by atoms with Crippen LogP contribution in [0.4, 0.5) is 15.9 Å². The predicted octanol–water partition coefficient (Wildman–Crippen LogP) is 3.67. The number of nitrogens with zero attached hydrogens (tertiary/aromatic N) is 1. The lowest BCUT2D eigenvalue weighted by Crippen LogP contribution is -2.32. The van der Waals surface area contributed by atoms with E-state index in [0.717, 1.165) is 31.2 Å². The first-order chi connectivity index (χ1) is 12.5. The van der Waals surface area contributed by atoms with Crippen molar-refractivity contribution in [2.45, 2.75) is 36.6 Å². The van der Waals surface area contributed by atoms with E-state index in [1.54, 1.807) is 30.3 Å². The highest BCUT2D eigenvalue weighted by molar-refractivity contribution is 7.89. The van der Waals surface area contributed by atoms with E-state index >= 15 is 0 Å². The average Bonchev–Trinajstić information content (AvgIpc) is 3.26. The topological polar surface area (TPSA) is 86.9 Å². The Bertz CT molecular complexity index is 1030. The summed E-state index contributed by atoms with van der Waals surface area (Å²) in [6.07, 6.45) is 3.87. The standard InChI is InChI=1S/C18H19FN4O2S/c19-12-5-7-13(8-6-12)20-18-16-11-15(9-10-17(16)21-22-18)26(24,25)23-14-3-1-2-4-14/h5-11,14,23H,1-4H2,(H2,20,21,22). The van der Waals surface area contributed by atoms with E-state index < -0.39 is 10.0 Å². The zero-order valence-electron chi connectivity index (χ0n) is 14.0. The van der Waals surface area contributed by atoms with Gasteiger partial charge >= 0.3 is 0 Å². The summed E-state index contributed by atoms with van der Waals surface area (Å²) in [5.41, 5.74) is 1.38. The molecule has 6 nitrogen and oxygen atoms in total. The van der Waals surface area contributed by atoms with Crippen molar-refractivity contribution in [1.29, 1.82) is 0 Å². The van der Waals surface area contributed by atoms with E-state index in [0.29, 0.717) is 16.9 Å². The second-order valence-corrected chi connectivity index (χ2v) is 8.23. The van der Waals surface area contributed by atoms with Gasteiger partial charge in [-0.1, -0.05) is 12.8 Å². The van der Waals surface area contributed by atoms with Gasteiger partial charge in [-0.15, -0.1) is 0 Å². The molecule has 0 atom stereocenters. The van der Waals surface area contributed by atoms with Crippen LogP contribution in [0.5, 0.6) is 0 Å². The van der Waals surface area contributed by atoms with Crippen molar-refractivity contribution in [3.05, 3.63) is 48.3 Å². The maximum absolute atomic E-state index is 13.0. The molecule has 4 rings (SSSR count). The molecule has 3 aromatic rings. The lowest BCUT2D eigenvalue weighted by atomic mass is 10.2. The fourth-order valence-corrected chi connectivity index (χ4v) is 4.59. The zero-order valence-corrected chi connectivity index (χ0v) is 14.8. The molecule has 0 amide bonds. The molecular weight excluding hydrogens is 355 g/mol. The van der Waals surface area contributed by atoms with Crippen LogP contribution in [-0.2, 0) is 10.0 Å². The minimum atomic E-state index is -3.58. The third-order valence-corrected chi connectivity index (χ3v) is 6.15. The SMILES string of the molecule is O=S(=O)(NC1CCCC1)c1ccc2[nH]nc(Nc3ccc(F)cc3)c2c1. The Labute approximate surface area is 150 Å². The number of rotatable bonds is 5.